The van der Waals surface area contributed by atoms with Gasteiger partial charge in [-0.2, -0.15) is 0 Å². The molecule has 2 N–H and O–H groups in total. The van der Waals surface area contributed by atoms with Crippen molar-refractivity contribution in [3.05, 3.63) is 60.7 Å². The van der Waals surface area contributed by atoms with Gasteiger partial charge in [-0.15, -0.1) is 0 Å². The Kier molecular flexibility index (Phi) is 12.4. The molecule has 0 aromatic heterocycles. The normalized spacial score (nSPS) is 9.62. The number of nitrogens with two attached hydrogens (primary N) is 1. The number of primary amides is 1. The minimum absolute atomic E-state index is 0. The number of rotatable bonds is 7. The molecule has 1 amide bonds. The fraction of sp³-hybridized carbons (Fsp3) is 0.333. The highest BCUT2D eigenvalue weighted by atomic mass is 35.5. The number of benzene rings is 1. The Morgan fingerprint density at radius 3 is 2.17 bits per heavy atom. The molecule has 0 aliphatic heterocycles. The van der Waals surface area contributed by atoms with Gasteiger partial charge in [0.25, 0.3) is 0 Å². The number of hydrogen-bond acceptors (Lipinski definition) is 3. The average molecular weight is 355 g/mol. The van der Waals surface area contributed by atoms with Gasteiger partial charge < -0.3 is 27.4 Å². The van der Waals surface area contributed by atoms with Crippen LogP contribution in [0.5, 0.6) is 0 Å². The van der Waals surface area contributed by atoms with E-state index in [2.05, 4.69) is 45.1 Å². The lowest BCUT2D eigenvalue weighted by atomic mass is 10.2. The summed E-state index contributed by atoms with van der Waals surface area (Å²) in [6, 6.07) is 10.3. The van der Waals surface area contributed by atoms with E-state index in [0.717, 1.165) is 23.6 Å². The second-order valence-electron chi connectivity index (χ2n) is 5.83. The predicted octanol–water partition coefficient (Wildman–Crippen LogP) is -0.956. The van der Waals surface area contributed by atoms with Crippen molar-refractivity contribution in [3.63, 3.8) is 0 Å². The van der Waals surface area contributed by atoms with Crippen molar-refractivity contribution in [1.82, 2.24) is 0 Å². The van der Waals surface area contributed by atoms with Gasteiger partial charge in [0, 0.05) is 11.1 Å². The summed E-state index contributed by atoms with van der Waals surface area (Å²) < 4.78 is 5.91. The molecule has 24 heavy (non-hydrogen) atoms. The molecule has 0 saturated carbocycles. The van der Waals surface area contributed by atoms with Crippen LogP contribution in [0.2, 0.25) is 0 Å². The van der Waals surface area contributed by atoms with Gasteiger partial charge in [-0.1, -0.05) is 43.5 Å². The zero-order valence-electron chi connectivity index (χ0n) is 14.6. The highest BCUT2D eigenvalue weighted by Gasteiger charge is 2.16. The average Bonchev–Trinajstić information content (AvgIpc) is 2.47. The number of carbonyl (C=O) groups is 2. The lowest BCUT2D eigenvalue weighted by Gasteiger charge is -2.29. The summed E-state index contributed by atoms with van der Waals surface area (Å²) >= 11 is 0. The summed E-state index contributed by atoms with van der Waals surface area (Å²) in [6.07, 6.45) is 1.06. The van der Waals surface area contributed by atoms with Gasteiger partial charge in [-0.05, 0) is 13.0 Å². The maximum atomic E-state index is 11.3. The van der Waals surface area contributed by atoms with Crippen molar-refractivity contribution < 1.29 is 31.2 Å². The van der Waals surface area contributed by atoms with Gasteiger partial charge in [0.15, 0.2) is 0 Å². The third kappa shape index (κ3) is 12.4. The Morgan fingerprint density at radius 1 is 1.25 bits per heavy atom. The number of hydrogen-bond donors (Lipinski definition) is 1. The van der Waals surface area contributed by atoms with Crippen LogP contribution in [0.3, 0.4) is 0 Å². The number of amides is 1. The zero-order chi connectivity index (χ0) is 17.9. The topological polar surface area (TPSA) is 69.4 Å². The number of nitrogens with zero attached hydrogens (tertiary/aromatic N) is 1. The molecule has 0 aliphatic rings. The molecule has 5 nitrogen and oxygen atoms in total. The minimum Gasteiger partial charge on any atom is -1.00 e. The molecule has 1 aromatic carbocycles. The molecular weight excluding hydrogens is 328 g/mol. The van der Waals surface area contributed by atoms with Crippen molar-refractivity contribution in [2.45, 2.75) is 13.5 Å². The van der Waals surface area contributed by atoms with E-state index in [1.54, 1.807) is 6.92 Å². The van der Waals surface area contributed by atoms with Crippen molar-refractivity contribution in [2.75, 3.05) is 27.2 Å². The van der Waals surface area contributed by atoms with Crippen molar-refractivity contribution in [1.29, 1.82) is 0 Å². The first-order chi connectivity index (χ1) is 10.7. The highest BCUT2D eigenvalue weighted by Crippen LogP contribution is 2.08. The standard InChI is InChI=1S/C15H22NO2.C3H5NO.ClH/c1-13(2)15(17)18-11-10-16(3,4)12-14-8-6-5-7-9-14;1-2-3(4)5;/h5-9H,1,10-12H2,2-4H3;2H,1H2,(H2,4,5);1H/q+1;;/p-1. The molecule has 0 bridgehead atoms. The Hall–Kier alpha value is -2.11. The van der Waals surface area contributed by atoms with Crippen molar-refractivity contribution >= 4 is 11.9 Å². The first-order valence-electron chi connectivity index (χ1n) is 7.28. The summed E-state index contributed by atoms with van der Waals surface area (Å²) in [6.45, 7) is 10.4. The van der Waals surface area contributed by atoms with E-state index in [1.165, 1.54) is 5.56 Å². The van der Waals surface area contributed by atoms with Gasteiger partial charge in [-0.25, -0.2) is 4.79 Å². The Labute approximate surface area is 150 Å². The molecule has 0 saturated heterocycles. The maximum absolute atomic E-state index is 11.3. The number of likely N-dealkylation sites (N-methyl/N-ethyl adjacent to an activating group) is 1. The van der Waals surface area contributed by atoms with Gasteiger partial charge in [0.05, 0.1) is 14.1 Å². The third-order valence-electron chi connectivity index (χ3n) is 2.93. The molecule has 134 valence electrons. The van der Waals surface area contributed by atoms with E-state index in [9.17, 15) is 9.59 Å². The molecule has 0 spiro atoms. The van der Waals surface area contributed by atoms with Gasteiger partial charge in [0.2, 0.25) is 5.91 Å². The number of carbonyl (C=O) groups excluding carboxylic acids is 2. The maximum Gasteiger partial charge on any atom is 0.333 e. The van der Waals surface area contributed by atoms with E-state index in [4.69, 9.17) is 4.74 Å². The van der Waals surface area contributed by atoms with Crippen LogP contribution in [0.4, 0.5) is 0 Å². The predicted molar refractivity (Wildman–Crippen MR) is 92.3 cm³/mol. The van der Waals surface area contributed by atoms with Crippen LogP contribution < -0.4 is 18.1 Å². The molecule has 0 fully saturated rings. The van der Waals surface area contributed by atoms with Crippen LogP contribution >= 0.6 is 0 Å². The van der Waals surface area contributed by atoms with E-state index in [1.807, 2.05) is 18.2 Å². The monoisotopic (exact) mass is 354 g/mol. The lowest BCUT2D eigenvalue weighted by Crippen LogP contribution is -3.00. The van der Waals surface area contributed by atoms with Crippen LogP contribution in [0, 0.1) is 0 Å². The van der Waals surface area contributed by atoms with Crippen molar-refractivity contribution in [3.8, 4) is 0 Å². The molecule has 0 aliphatic carbocycles. The molecule has 0 radical (unpaired) electrons. The van der Waals surface area contributed by atoms with Crippen LogP contribution in [0.25, 0.3) is 0 Å². The quantitative estimate of drug-likeness (QED) is 0.390. The SMILES string of the molecule is C=C(C)C(=O)OCC[N+](C)(C)Cc1ccccc1.C=CC(N)=O.[Cl-]. The molecule has 1 aromatic rings. The fourth-order valence-corrected chi connectivity index (χ4v) is 1.67. The molecular formula is C18H27ClN2O3. The zero-order valence-corrected chi connectivity index (χ0v) is 15.4. The second-order valence-corrected chi connectivity index (χ2v) is 5.83. The van der Waals surface area contributed by atoms with Gasteiger partial charge in [-0.3, -0.25) is 4.79 Å². The first-order valence-corrected chi connectivity index (χ1v) is 7.28. The van der Waals surface area contributed by atoms with E-state index >= 15 is 0 Å². The number of ether oxygens (including phenoxy) is 1. The second kappa shape index (κ2) is 12.3. The van der Waals surface area contributed by atoms with Crippen LogP contribution in [-0.4, -0.2) is 43.6 Å². The van der Waals surface area contributed by atoms with Gasteiger partial charge >= 0.3 is 5.97 Å². The summed E-state index contributed by atoms with van der Waals surface area (Å²) in [7, 11) is 4.25. The minimum atomic E-state index is -0.481. The molecule has 1 rings (SSSR count). The Bertz CT molecular complexity index is 542. The van der Waals surface area contributed by atoms with E-state index in [0.29, 0.717) is 12.2 Å². The molecule has 0 atom stereocenters. The molecule has 0 heterocycles. The first kappa shape index (κ1) is 24.1. The number of esters is 1. The van der Waals surface area contributed by atoms with E-state index < -0.39 is 5.91 Å². The molecule has 0 unspecified atom stereocenters. The highest BCUT2D eigenvalue weighted by molar-refractivity contribution is 5.86. The summed E-state index contributed by atoms with van der Waals surface area (Å²) in [5.41, 5.74) is 6.27. The van der Waals surface area contributed by atoms with Crippen molar-refractivity contribution in [2.24, 2.45) is 5.73 Å². The van der Waals surface area contributed by atoms with E-state index in [-0.39, 0.29) is 18.4 Å². The Balaban J connectivity index is 0. The third-order valence-corrected chi connectivity index (χ3v) is 2.93. The summed E-state index contributed by atoms with van der Waals surface area (Å²) in [5.74, 6) is -0.792. The number of halogens is 1. The summed E-state index contributed by atoms with van der Waals surface area (Å²) in [4.78, 5) is 20.7. The largest absolute Gasteiger partial charge is 1.00 e. The Morgan fingerprint density at radius 2 is 1.75 bits per heavy atom. The lowest BCUT2D eigenvalue weighted by molar-refractivity contribution is -0.903. The van der Waals surface area contributed by atoms with Crippen LogP contribution in [-0.2, 0) is 20.9 Å². The van der Waals surface area contributed by atoms with Crippen LogP contribution in [0.15, 0.2) is 55.1 Å². The number of quaternary nitrogens is 1. The van der Waals surface area contributed by atoms with Gasteiger partial charge in [0.1, 0.15) is 19.7 Å². The van der Waals surface area contributed by atoms with Crippen LogP contribution in [0.1, 0.15) is 12.5 Å². The summed E-state index contributed by atoms with van der Waals surface area (Å²) in [5, 5.41) is 0. The smallest absolute Gasteiger partial charge is 0.333 e. The fourth-order valence-electron chi connectivity index (χ4n) is 1.67. The molecule has 6 heteroatoms.